The summed E-state index contributed by atoms with van der Waals surface area (Å²) in [6.07, 6.45) is 1.80. The van der Waals surface area contributed by atoms with E-state index in [0.29, 0.717) is 18.7 Å². The van der Waals surface area contributed by atoms with Gasteiger partial charge in [-0.15, -0.1) is 0 Å². The van der Waals surface area contributed by atoms with Crippen LogP contribution in [0.2, 0.25) is 0 Å². The van der Waals surface area contributed by atoms with Crippen LogP contribution in [-0.4, -0.2) is 36.9 Å². The summed E-state index contributed by atoms with van der Waals surface area (Å²) in [6.45, 7) is 0.949. The zero-order valence-corrected chi connectivity index (χ0v) is 11.9. The lowest BCUT2D eigenvalue weighted by Gasteiger charge is -2.38. The number of nitriles is 1. The summed E-state index contributed by atoms with van der Waals surface area (Å²) >= 11 is 0. The van der Waals surface area contributed by atoms with Crippen molar-refractivity contribution in [1.29, 1.82) is 5.26 Å². The van der Waals surface area contributed by atoms with E-state index >= 15 is 0 Å². The fourth-order valence-electron chi connectivity index (χ4n) is 2.72. The maximum Gasteiger partial charge on any atom is 0.253 e. The number of amides is 2. The highest BCUT2D eigenvalue weighted by Crippen LogP contribution is 2.47. The highest BCUT2D eigenvalue weighted by atomic mass is 16.2. The van der Waals surface area contributed by atoms with E-state index in [-0.39, 0.29) is 23.1 Å². The average Bonchev–Trinajstić information content (AvgIpc) is 3.26. The van der Waals surface area contributed by atoms with Gasteiger partial charge in [0.1, 0.15) is 0 Å². The molecule has 0 aromatic heterocycles. The van der Waals surface area contributed by atoms with Gasteiger partial charge in [-0.3, -0.25) is 9.59 Å². The molecule has 1 saturated carbocycles. The van der Waals surface area contributed by atoms with E-state index in [2.05, 4.69) is 11.4 Å². The minimum atomic E-state index is -0.317. The van der Waals surface area contributed by atoms with Crippen LogP contribution >= 0.6 is 0 Å². The molecular weight excluding hydrogens is 266 g/mol. The highest BCUT2D eigenvalue weighted by Gasteiger charge is 2.44. The van der Waals surface area contributed by atoms with Crippen molar-refractivity contribution in [2.45, 2.75) is 18.3 Å². The number of hydrogen-bond acceptors (Lipinski definition) is 3. The number of carbonyl (C=O) groups is 2. The quantitative estimate of drug-likeness (QED) is 0.901. The maximum absolute atomic E-state index is 12.3. The smallest absolute Gasteiger partial charge is 0.253 e. The molecule has 0 radical (unpaired) electrons. The first kappa shape index (κ1) is 13.6. The van der Waals surface area contributed by atoms with Crippen LogP contribution in [0.3, 0.4) is 0 Å². The minimum Gasteiger partial charge on any atom is -0.359 e. The van der Waals surface area contributed by atoms with Gasteiger partial charge >= 0.3 is 0 Å². The summed E-state index contributed by atoms with van der Waals surface area (Å²) < 4.78 is 0. The molecular formula is C16H17N3O2. The molecule has 5 heteroatoms. The number of nitrogens with one attached hydrogen (secondary N) is 1. The van der Waals surface area contributed by atoms with Gasteiger partial charge in [0.15, 0.2) is 0 Å². The molecule has 0 bridgehead atoms. The molecule has 1 aromatic rings. The number of rotatable bonds is 3. The Morgan fingerprint density at radius 3 is 2.38 bits per heavy atom. The van der Waals surface area contributed by atoms with Gasteiger partial charge in [0.2, 0.25) is 5.91 Å². The zero-order valence-electron chi connectivity index (χ0n) is 11.9. The Bertz CT molecular complexity index is 620. The third-order valence-electron chi connectivity index (χ3n) is 4.43. The second-order valence-electron chi connectivity index (χ2n) is 5.79. The molecule has 1 aliphatic carbocycles. The Labute approximate surface area is 123 Å². The van der Waals surface area contributed by atoms with E-state index in [4.69, 9.17) is 5.26 Å². The molecule has 21 heavy (non-hydrogen) atoms. The Morgan fingerprint density at radius 2 is 1.90 bits per heavy atom. The topological polar surface area (TPSA) is 73.2 Å². The summed E-state index contributed by atoms with van der Waals surface area (Å²) in [5, 5.41) is 11.8. The minimum absolute atomic E-state index is 0.0147. The van der Waals surface area contributed by atoms with Crippen molar-refractivity contribution < 1.29 is 9.59 Å². The molecule has 0 atom stereocenters. The first-order valence-corrected chi connectivity index (χ1v) is 7.12. The van der Waals surface area contributed by atoms with Gasteiger partial charge < -0.3 is 10.2 Å². The predicted molar refractivity (Wildman–Crippen MR) is 76.4 cm³/mol. The third kappa shape index (κ3) is 2.27. The van der Waals surface area contributed by atoms with Crippen molar-refractivity contribution in [2.75, 3.05) is 20.1 Å². The van der Waals surface area contributed by atoms with Crippen LogP contribution in [0.1, 0.15) is 28.8 Å². The van der Waals surface area contributed by atoms with Crippen LogP contribution in [0.4, 0.5) is 0 Å². The second kappa shape index (κ2) is 4.88. The lowest BCUT2D eigenvalue weighted by atomic mass is 9.95. The SMILES string of the molecule is CNC(=O)C1CN(C(=O)c2ccc(C3(C#N)CC3)cc2)C1. The Kier molecular flexibility index (Phi) is 3.17. The number of carbonyl (C=O) groups excluding carboxylic acids is 2. The van der Waals surface area contributed by atoms with Crippen molar-refractivity contribution in [3.63, 3.8) is 0 Å². The molecule has 2 fully saturated rings. The van der Waals surface area contributed by atoms with E-state index < -0.39 is 0 Å². The highest BCUT2D eigenvalue weighted by molar-refractivity contribution is 5.96. The van der Waals surface area contributed by atoms with E-state index in [1.807, 2.05) is 12.1 Å². The average molecular weight is 283 g/mol. The van der Waals surface area contributed by atoms with Crippen LogP contribution in [-0.2, 0) is 10.2 Å². The summed E-state index contributed by atoms with van der Waals surface area (Å²) in [5.41, 5.74) is 1.29. The van der Waals surface area contributed by atoms with Gasteiger partial charge in [-0.25, -0.2) is 0 Å². The van der Waals surface area contributed by atoms with Gasteiger partial charge in [0.05, 0.1) is 17.4 Å². The summed E-state index contributed by atoms with van der Waals surface area (Å²) in [7, 11) is 1.61. The summed E-state index contributed by atoms with van der Waals surface area (Å²) in [6, 6.07) is 9.66. The van der Waals surface area contributed by atoms with Crippen molar-refractivity contribution >= 4 is 11.8 Å². The number of likely N-dealkylation sites (tertiary alicyclic amines) is 1. The lowest BCUT2D eigenvalue weighted by Crippen LogP contribution is -2.55. The first-order chi connectivity index (χ1) is 10.1. The van der Waals surface area contributed by atoms with Gasteiger partial charge in [-0.2, -0.15) is 5.26 Å². The van der Waals surface area contributed by atoms with Crippen molar-refractivity contribution in [1.82, 2.24) is 10.2 Å². The van der Waals surface area contributed by atoms with Gasteiger partial charge in [-0.05, 0) is 30.5 Å². The molecule has 5 nitrogen and oxygen atoms in total. The summed E-state index contributed by atoms with van der Waals surface area (Å²) in [5.74, 6) is -0.158. The molecule has 1 aromatic carbocycles. The molecule has 3 rings (SSSR count). The second-order valence-corrected chi connectivity index (χ2v) is 5.79. The fourth-order valence-corrected chi connectivity index (χ4v) is 2.72. The van der Waals surface area contributed by atoms with Crippen LogP contribution in [0, 0.1) is 17.2 Å². The molecule has 1 saturated heterocycles. The third-order valence-corrected chi connectivity index (χ3v) is 4.43. The molecule has 0 spiro atoms. The van der Waals surface area contributed by atoms with Crippen molar-refractivity contribution in [3.8, 4) is 6.07 Å². The largest absolute Gasteiger partial charge is 0.359 e. The Hall–Kier alpha value is -2.35. The Morgan fingerprint density at radius 1 is 1.29 bits per heavy atom. The van der Waals surface area contributed by atoms with Gasteiger partial charge in [-0.1, -0.05) is 12.1 Å². The van der Waals surface area contributed by atoms with E-state index in [1.54, 1.807) is 24.1 Å². The van der Waals surface area contributed by atoms with Gasteiger partial charge in [0, 0.05) is 25.7 Å². The zero-order chi connectivity index (χ0) is 15.0. The van der Waals surface area contributed by atoms with Crippen molar-refractivity contribution in [2.24, 2.45) is 5.92 Å². The maximum atomic E-state index is 12.3. The molecule has 0 unspecified atom stereocenters. The fraction of sp³-hybridized carbons (Fsp3) is 0.438. The standard InChI is InChI=1S/C16H17N3O2/c1-18-14(20)12-8-19(9-12)15(21)11-2-4-13(5-3-11)16(10-17)6-7-16/h2-5,12H,6-9H2,1H3,(H,18,20). The van der Waals surface area contributed by atoms with E-state index in [1.165, 1.54) is 0 Å². The number of benzene rings is 1. The van der Waals surface area contributed by atoms with Crippen LogP contribution in [0.25, 0.3) is 0 Å². The van der Waals surface area contributed by atoms with Crippen LogP contribution < -0.4 is 5.32 Å². The summed E-state index contributed by atoms with van der Waals surface area (Å²) in [4.78, 5) is 25.3. The molecule has 108 valence electrons. The number of nitrogens with zero attached hydrogens (tertiary/aromatic N) is 2. The van der Waals surface area contributed by atoms with Crippen molar-refractivity contribution in [3.05, 3.63) is 35.4 Å². The Balaban J connectivity index is 1.65. The molecule has 1 aliphatic heterocycles. The molecule has 1 heterocycles. The van der Waals surface area contributed by atoms with Crippen LogP contribution in [0.15, 0.2) is 24.3 Å². The van der Waals surface area contributed by atoms with Crippen LogP contribution in [0.5, 0.6) is 0 Å². The molecule has 2 amide bonds. The van der Waals surface area contributed by atoms with E-state index in [9.17, 15) is 9.59 Å². The predicted octanol–water partition coefficient (Wildman–Crippen LogP) is 1.06. The van der Waals surface area contributed by atoms with E-state index in [0.717, 1.165) is 18.4 Å². The number of hydrogen-bond donors (Lipinski definition) is 1. The van der Waals surface area contributed by atoms with Gasteiger partial charge in [0.25, 0.3) is 5.91 Å². The lowest BCUT2D eigenvalue weighted by molar-refractivity contribution is -0.128. The monoisotopic (exact) mass is 283 g/mol. The first-order valence-electron chi connectivity index (χ1n) is 7.12. The molecule has 1 N–H and O–H groups in total. The normalized spacial score (nSPS) is 19.3. The molecule has 2 aliphatic rings.